The van der Waals surface area contributed by atoms with Crippen molar-refractivity contribution in [2.75, 3.05) is 0 Å². The van der Waals surface area contributed by atoms with Crippen LogP contribution in [0, 0.1) is 0 Å². The highest BCUT2D eigenvalue weighted by Crippen LogP contribution is 2.33. The van der Waals surface area contributed by atoms with E-state index in [9.17, 15) is 22.8 Å². The highest BCUT2D eigenvalue weighted by Gasteiger charge is 2.30. The molecule has 164 valence electrons. The fraction of sp³-hybridized carbons (Fsp3) is 0.333. The topological polar surface area (TPSA) is 65.7 Å². The van der Waals surface area contributed by atoms with E-state index in [-0.39, 0.29) is 12.3 Å². The van der Waals surface area contributed by atoms with Crippen molar-refractivity contribution in [3.05, 3.63) is 104 Å². The van der Waals surface area contributed by atoms with Gasteiger partial charge < -0.3 is 4.98 Å². The number of alkyl halides is 3. The smallest absolute Gasteiger partial charge is 0.311 e. The van der Waals surface area contributed by atoms with Crippen molar-refractivity contribution in [1.82, 2.24) is 9.97 Å². The Bertz CT molecular complexity index is 1060. The van der Waals surface area contributed by atoms with Crippen LogP contribution in [0.25, 0.3) is 0 Å². The fourth-order valence-corrected chi connectivity index (χ4v) is 3.89. The zero-order chi connectivity index (χ0) is 22.3. The van der Waals surface area contributed by atoms with E-state index in [1.54, 1.807) is 6.07 Å². The van der Waals surface area contributed by atoms with Crippen molar-refractivity contribution in [3.63, 3.8) is 0 Å². The second-order valence-corrected chi connectivity index (χ2v) is 7.67. The van der Waals surface area contributed by atoms with E-state index in [1.165, 1.54) is 6.07 Å². The van der Waals surface area contributed by atoms with Gasteiger partial charge in [0.2, 0.25) is 0 Å². The van der Waals surface area contributed by atoms with Crippen molar-refractivity contribution in [2.45, 2.75) is 50.6 Å². The summed E-state index contributed by atoms with van der Waals surface area (Å²) in [6.45, 7) is 0. The van der Waals surface area contributed by atoms with Gasteiger partial charge in [0.05, 0.1) is 5.56 Å². The second kappa shape index (κ2) is 10.3. The van der Waals surface area contributed by atoms with Crippen molar-refractivity contribution < 1.29 is 13.2 Å². The van der Waals surface area contributed by atoms with Crippen LogP contribution in [0.5, 0.6) is 0 Å². The van der Waals surface area contributed by atoms with Gasteiger partial charge in [0.1, 0.15) is 0 Å². The van der Waals surface area contributed by atoms with Gasteiger partial charge in [0, 0.05) is 17.7 Å². The van der Waals surface area contributed by atoms with Crippen molar-refractivity contribution in [1.29, 1.82) is 0 Å². The van der Waals surface area contributed by atoms with E-state index in [0.717, 1.165) is 44.2 Å². The maximum Gasteiger partial charge on any atom is 0.416 e. The highest BCUT2D eigenvalue weighted by atomic mass is 19.4. The number of aromatic nitrogens is 2. The molecule has 0 atom stereocenters. The van der Waals surface area contributed by atoms with Gasteiger partial charge in [-0.05, 0) is 30.4 Å². The summed E-state index contributed by atoms with van der Waals surface area (Å²) in [7, 11) is 0. The average molecular weight is 430 g/mol. The molecule has 2 N–H and O–H groups in total. The molecule has 1 heterocycles. The van der Waals surface area contributed by atoms with Gasteiger partial charge >= 0.3 is 11.9 Å². The minimum atomic E-state index is -4.43. The number of rotatable bonds is 3. The molecule has 0 bridgehead atoms. The molecule has 1 aliphatic carbocycles. The number of H-pyrrole nitrogens is 2. The Morgan fingerprint density at radius 3 is 2.03 bits per heavy atom. The average Bonchev–Trinajstić information content (AvgIpc) is 2.77. The summed E-state index contributed by atoms with van der Waals surface area (Å²) in [4.78, 5) is 28.9. The molecule has 0 spiro atoms. The van der Waals surface area contributed by atoms with Crippen LogP contribution < -0.4 is 11.2 Å². The number of halogens is 3. The first-order valence-corrected chi connectivity index (χ1v) is 10.4. The summed E-state index contributed by atoms with van der Waals surface area (Å²) in [5.41, 5.74) is -0.522. The van der Waals surface area contributed by atoms with Crippen LogP contribution in [0.3, 0.4) is 0 Å². The van der Waals surface area contributed by atoms with Gasteiger partial charge in [-0.1, -0.05) is 73.9 Å². The van der Waals surface area contributed by atoms with E-state index in [4.69, 9.17) is 0 Å². The molecule has 0 unspecified atom stereocenters. The third kappa shape index (κ3) is 6.44. The molecule has 0 saturated heterocycles. The lowest BCUT2D eigenvalue weighted by molar-refractivity contribution is -0.137. The van der Waals surface area contributed by atoms with Gasteiger partial charge in [-0.15, -0.1) is 0 Å². The molecule has 4 nitrogen and oxygen atoms in total. The first kappa shape index (κ1) is 22.6. The van der Waals surface area contributed by atoms with Crippen LogP contribution in [0.1, 0.15) is 60.4 Å². The van der Waals surface area contributed by atoms with Crippen LogP contribution >= 0.6 is 0 Å². The molecule has 3 aromatic rings. The van der Waals surface area contributed by atoms with E-state index in [0.29, 0.717) is 16.8 Å². The van der Waals surface area contributed by atoms with Gasteiger partial charge in [0.25, 0.3) is 5.56 Å². The standard InChI is InChI=1S/C18H19F3N2O2.C6H6/c19-18(20,21)13-8-4-5-11(9-13)10-14-15(12-6-2-1-3-7-12)22-17(25)23-16(14)24;1-2-4-6-5-3-1/h4-5,8-9,12H,1-3,6-7,10H2,(H2,22,23,24,25);1-6H. The molecular weight excluding hydrogens is 405 g/mol. The minimum Gasteiger partial charge on any atom is -0.311 e. The Hall–Kier alpha value is -3.09. The van der Waals surface area contributed by atoms with Crippen LogP contribution in [-0.2, 0) is 12.6 Å². The molecule has 7 heteroatoms. The van der Waals surface area contributed by atoms with Gasteiger partial charge in [-0.2, -0.15) is 13.2 Å². The summed E-state index contributed by atoms with van der Waals surface area (Å²) >= 11 is 0. The lowest BCUT2D eigenvalue weighted by Crippen LogP contribution is -2.30. The molecule has 0 amide bonds. The van der Waals surface area contributed by atoms with Crippen LogP contribution in [0.15, 0.2) is 70.3 Å². The maximum absolute atomic E-state index is 12.9. The van der Waals surface area contributed by atoms with E-state index >= 15 is 0 Å². The molecule has 1 fully saturated rings. The lowest BCUT2D eigenvalue weighted by Gasteiger charge is -2.23. The summed E-state index contributed by atoms with van der Waals surface area (Å²) in [6.07, 6.45) is 0.517. The number of aromatic amines is 2. The van der Waals surface area contributed by atoms with Crippen LogP contribution in [0.2, 0.25) is 0 Å². The van der Waals surface area contributed by atoms with Crippen LogP contribution in [0.4, 0.5) is 13.2 Å². The highest BCUT2D eigenvalue weighted by molar-refractivity contribution is 5.32. The van der Waals surface area contributed by atoms with E-state index in [2.05, 4.69) is 9.97 Å². The maximum atomic E-state index is 12.9. The zero-order valence-corrected chi connectivity index (χ0v) is 17.0. The third-order valence-electron chi connectivity index (χ3n) is 5.39. The molecule has 4 rings (SSSR count). The Labute approximate surface area is 178 Å². The quantitative estimate of drug-likeness (QED) is 0.584. The summed E-state index contributed by atoms with van der Waals surface area (Å²) in [6, 6.07) is 16.9. The van der Waals surface area contributed by atoms with Gasteiger partial charge in [-0.3, -0.25) is 9.78 Å². The first-order chi connectivity index (χ1) is 14.8. The van der Waals surface area contributed by atoms with Gasteiger partial charge in [-0.25, -0.2) is 4.79 Å². The lowest BCUT2D eigenvalue weighted by atomic mass is 9.84. The SMILES string of the molecule is O=c1[nH]c(C2CCCCC2)c(Cc2cccc(C(F)(F)F)c2)c(=O)[nH]1.c1ccccc1. The number of nitrogens with one attached hydrogen (secondary N) is 2. The summed E-state index contributed by atoms with van der Waals surface area (Å²) in [5.74, 6) is 0.0737. The summed E-state index contributed by atoms with van der Waals surface area (Å²) < 4.78 is 38.7. The van der Waals surface area contributed by atoms with E-state index < -0.39 is 23.0 Å². The number of hydrogen-bond acceptors (Lipinski definition) is 2. The Morgan fingerprint density at radius 1 is 0.839 bits per heavy atom. The molecule has 1 aliphatic rings. The van der Waals surface area contributed by atoms with Crippen molar-refractivity contribution in [2.24, 2.45) is 0 Å². The number of benzene rings is 2. The molecule has 0 radical (unpaired) electrons. The Kier molecular flexibility index (Phi) is 7.50. The Morgan fingerprint density at radius 2 is 1.45 bits per heavy atom. The normalized spacial score (nSPS) is 14.5. The van der Waals surface area contributed by atoms with Gasteiger partial charge in [0.15, 0.2) is 0 Å². The van der Waals surface area contributed by atoms with E-state index in [1.807, 2.05) is 36.4 Å². The predicted molar refractivity (Wildman–Crippen MR) is 114 cm³/mol. The molecule has 2 aromatic carbocycles. The van der Waals surface area contributed by atoms with Crippen molar-refractivity contribution >= 4 is 0 Å². The van der Waals surface area contributed by atoms with Crippen LogP contribution in [-0.4, -0.2) is 9.97 Å². The Balaban J connectivity index is 0.000000391. The molecule has 0 aliphatic heterocycles. The monoisotopic (exact) mass is 430 g/mol. The molecule has 31 heavy (non-hydrogen) atoms. The minimum absolute atomic E-state index is 0.0574. The van der Waals surface area contributed by atoms with Crippen molar-refractivity contribution in [3.8, 4) is 0 Å². The number of hydrogen-bond donors (Lipinski definition) is 2. The molecule has 1 aromatic heterocycles. The first-order valence-electron chi connectivity index (χ1n) is 10.4. The molecule has 1 saturated carbocycles. The summed E-state index contributed by atoms with van der Waals surface area (Å²) in [5, 5.41) is 0. The molecular formula is C24H25F3N2O2. The third-order valence-corrected chi connectivity index (χ3v) is 5.39. The fourth-order valence-electron chi connectivity index (χ4n) is 3.89. The second-order valence-electron chi connectivity index (χ2n) is 7.67. The zero-order valence-electron chi connectivity index (χ0n) is 17.0. The predicted octanol–water partition coefficient (Wildman–Crippen LogP) is 5.41. The largest absolute Gasteiger partial charge is 0.416 e.